The van der Waals surface area contributed by atoms with Gasteiger partial charge in [-0.15, -0.1) is 0 Å². The Bertz CT molecular complexity index is 438. The molecule has 0 aromatic heterocycles. The first-order valence-corrected chi connectivity index (χ1v) is 8.67. The number of likely N-dealkylation sites (tertiary alicyclic amines) is 1. The van der Waals surface area contributed by atoms with Gasteiger partial charge in [-0.05, 0) is 26.2 Å². The quantitative estimate of drug-likeness (QED) is 0.702. The van der Waals surface area contributed by atoms with E-state index in [9.17, 15) is 13.2 Å². The van der Waals surface area contributed by atoms with Gasteiger partial charge in [-0.25, -0.2) is 8.42 Å². The summed E-state index contributed by atoms with van der Waals surface area (Å²) in [4.78, 5) is 14.0. The van der Waals surface area contributed by atoms with Gasteiger partial charge in [-0.2, -0.15) is 0 Å². The Morgan fingerprint density at radius 2 is 2.16 bits per heavy atom. The minimum atomic E-state index is -2.94. The molecule has 0 aliphatic carbocycles. The molecule has 2 rings (SSSR count). The van der Waals surface area contributed by atoms with Crippen LogP contribution in [0, 0.1) is 0 Å². The summed E-state index contributed by atoms with van der Waals surface area (Å²) in [6.07, 6.45) is 2.36. The van der Waals surface area contributed by atoms with Crippen molar-refractivity contribution in [1.82, 2.24) is 10.2 Å². The fraction of sp³-hybridized carbons (Fsp3) is 0.917. The van der Waals surface area contributed by atoms with Gasteiger partial charge in [-0.3, -0.25) is 9.69 Å². The normalized spacial score (nSPS) is 35.2. The average Bonchev–Trinajstić information content (AvgIpc) is 2.62. The molecule has 0 radical (unpaired) electrons. The van der Waals surface area contributed by atoms with Crippen molar-refractivity contribution in [2.45, 2.75) is 44.3 Å². The average molecular weight is 289 g/mol. The van der Waals surface area contributed by atoms with E-state index >= 15 is 0 Å². The summed E-state index contributed by atoms with van der Waals surface area (Å²) in [5.41, 5.74) is 5.89. The number of hydrogen-bond acceptors (Lipinski definition) is 5. The number of hydrogen-bond donors (Lipinski definition) is 2. The summed E-state index contributed by atoms with van der Waals surface area (Å²) in [6.45, 7) is 3.25. The van der Waals surface area contributed by atoms with Crippen LogP contribution in [0.5, 0.6) is 0 Å². The number of carbonyl (C=O) groups is 1. The van der Waals surface area contributed by atoms with Crippen molar-refractivity contribution < 1.29 is 13.2 Å². The van der Waals surface area contributed by atoms with Crippen molar-refractivity contribution >= 4 is 15.7 Å². The molecular weight excluding hydrogens is 266 g/mol. The smallest absolute Gasteiger partial charge is 0.234 e. The molecular formula is C12H23N3O3S. The largest absolute Gasteiger partial charge is 0.351 e. The first kappa shape index (κ1) is 14.7. The van der Waals surface area contributed by atoms with Gasteiger partial charge in [0, 0.05) is 24.7 Å². The lowest BCUT2D eigenvalue weighted by molar-refractivity contribution is -0.123. The molecule has 0 bridgehead atoms. The van der Waals surface area contributed by atoms with Gasteiger partial charge in [0.15, 0.2) is 9.84 Å². The monoisotopic (exact) mass is 289 g/mol. The van der Waals surface area contributed by atoms with E-state index < -0.39 is 9.84 Å². The standard InChI is InChI=1S/C12H23N3O3S/c1-9-6-10(13)2-4-15(9)7-12(16)14-11-3-5-19(17,18)8-11/h9-11H,2-8,13H2,1H3,(H,14,16). The topological polar surface area (TPSA) is 92.5 Å². The van der Waals surface area contributed by atoms with E-state index in [-0.39, 0.29) is 29.5 Å². The van der Waals surface area contributed by atoms with Crippen LogP contribution in [-0.4, -0.2) is 61.9 Å². The molecule has 6 nitrogen and oxygen atoms in total. The van der Waals surface area contributed by atoms with Crippen LogP contribution in [0.1, 0.15) is 26.2 Å². The van der Waals surface area contributed by atoms with Gasteiger partial charge in [0.2, 0.25) is 5.91 Å². The van der Waals surface area contributed by atoms with Crippen molar-refractivity contribution in [3.05, 3.63) is 0 Å². The van der Waals surface area contributed by atoms with Crippen LogP contribution in [0.2, 0.25) is 0 Å². The minimum Gasteiger partial charge on any atom is -0.351 e. The Kier molecular flexibility index (Phi) is 4.47. The summed E-state index contributed by atoms with van der Waals surface area (Å²) in [5, 5.41) is 2.82. The van der Waals surface area contributed by atoms with Crippen molar-refractivity contribution in [3.8, 4) is 0 Å². The predicted octanol–water partition coefficient (Wildman–Crippen LogP) is -0.899. The highest BCUT2D eigenvalue weighted by Crippen LogP contribution is 2.16. The molecule has 2 aliphatic rings. The van der Waals surface area contributed by atoms with Crippen molar-refractivity contribution in [1.29, 1.82) is 0 Å². The summed E-state index contributed by atoms with van der Waals surface area (Å²) >= 11 is 0. The lowest BCUT2D eigenvalue weighted by atomic mass is 9.99. The van der Waals surface area contributed by atoms with E-state index in [1.165, 1.54) is 0 Å². The fourth-order valence-electron chi connectivity index (χ4n) is 2.86. The molecule has 3 atom stereocenters. The van der Waals surface area contributed by atoms with Gasteiger partial charge >= 0.3 is 0 Å². The van der Waals surface area contributed by atoms with Gasteiger partial charge in [0.25, 0.3) is 0 Å². The second kappa shape index (κ2) is 5.76. The third-order valence-corrected chi connectivity index (χ3v) is 5.77. The molecule has 2 fully saturated rings. The number of rotatable bonds is 3. The van der Waals surface area contributed by atoms with Crippen molar-refractivity contribution in [2.24, 2.45) is 5.73 Å². The van der Waals surface area contributed by atoms with Crippen LogP contribution >= 0.6 is 0 Å². The first-order valence-electron chi connectivity index (χ1n) is 6.85. The van der Waals surface area contributed by atoms with Gasteiger partial charge in [0.05, 0.1) is 18.1 Å². The van der Waals surface area contributed by atoms with E-state index in [1.807, 2.05) is 0 Å². The summed E-state index contributed by atoms with van der Waals surface area (Å²) in [7, 11) is -2.94. The summed E-state index contributed by atoms with van der Waals surface area (Å²) in [5.74, 6) is 0.191. The van der Waals surface area contributed by atoms with E-state index in [2.05, 4.69) is 17.1 Å². The maximum absolute atomic E-state index is 11.9. The second-order valence-electron chi connectivity index (χ2n) is 5.77. The van der Waals surface area contributed by atoms with Crippen LogP contribution < -0.4 is 11.1 Å². The Labute approximate surface area is 114 Å². The van der Waals surface area contributed by atoms with E-state index in [4.69, 9.17) is 5.73 Å². The van der Waals surface area contributed by atoms with Gasteiger partial charge in [-0.1, -0.05) is 0 Å². The second-order valence-corrected chi connectivity index (χ2v) is 8.00. The van der Waals surface area contributed by atoms with Gasteiger partial charge < -0.3 is 11.1 Å². The Morgan fingerprint density at radius 1 is 1.42 bits per heavy atom. The Morgan fingerprint density at radius 3 is 2.74 bits per heavy atom. The Hall–Kier alpha value is -0.660. The van der Waals surface area contributed by atoms with E-state index in [0.717, 1.165) is 19.4 Å². The minimum absolute atomic E-state index is 0.0792. The highest BCUT2D eigenvalue weighted by molar-refractivity contribution is 7.91. The van der Waals surface area contributed by atoms with Crippen LogP contribution in [-0.2, 0) is 14.6 Å². The molecule has 7 heteroatoms. The highest BCUT2D eigenvalue weighted by atomic mass is 32.2. The molecule has 3 N–H and O–H groups in total. The van der Waals surface area contributed by atoms with Crippen LogP contribution in [0.4, 0.5) is 0 Å². The van der Waals surface area contributed by atoms with Crippen molar-refractivity contribution in [3.63, 3.8) is 0 Å². The molecule has 0 aromatic carbocycles. The SMILES string of the molecule is CC1CC(N)CCN1CC(=O)NC1CCS(=O)(=O)C1. The first-order chi connectivity index (χ1) is 8.85. The molecule has 0 aromatic rings. The molecule has 19 heavy (non-hydrogen) atoms. The summed E-state index contributed by atoms with van der Waals surface area (Å²) in [6, 6.07) is 0.330. The number of nitrogens with zero attached hydrogens (tertiary/aromatic N) is 1. The van der Waals surface area contributed by atoms with Crippen molar-refractivity contribution in [2.75, 3.05) is 24.6 Å². The molecule has 2 saturated heterocycles. The molecule has 2 heterocycles. The predicted molar refractivity (Wildman–Crippen MR) is 73.4 cm³/mol. The number of nitrogens with one attached hydrogen (secondary N) is 1. The third kappa shape index (κ3) is 4.15. The lowest BCUT2D eigenvalue weighted by Crippen LogP contribution is -2.50. The maximum atomic E-state index is 11.9. The Balaban J connectivity index is 1.78. The molecule has 2 aliphatic heterocycles. The third-order valence-electron chi connectivity index (χ3n) is 4.00. The zero-order valence-electron chi connectivity index (χ0n) is 11.3. The van der Waals surface area contributed by atoms with Gasteiger partial charge in [0.1, 0.15) is 0 Å². The fourth-order valence-corrected chi connectivity index (χ4v) is 4.53. The number of carbonyl (C=O) groups excluding carboxylic acids is 1. The van der Waals surface area contributed by atoms with Crippen LogP contribution in [0.15, 0.2) is 0 Å². The summed E-state index contributed by atoms with van der Waals surface area (Å²) < 4.78 is 22.7. The molecule has 0 saturated carbocycles. The molecule has 0 spiro atoms. The lowest BCUT2D eigenvalue weighted by Gasteiger charge is -2.35. The number of amides is 1. The zero-order valence-corrected chi connectivity index (χ0v) is 12.2. The van der Waals surface area contributed by atoms with Crippen LogP contribution in [0.3, 0.4) is 0 Å². The molecule has 3 unspecified atom stereocenters. The maximum Gasteiger partial charge on any atom is 0.234 e. The van der Waals surface area contributed by atoms with Crippen LogP contribution in [0.25, 0.3) is 0 Å². The molecule has 110 valence electrons. The van der Waals surface area contributed by atoms with E-state index in [0.29, 0.717) is 19.0 Å². The zero-order chi connectivity index (χ0) is 14.0. The highest BCUT2D eigenvalue weighted by Gasteiger charge is 2.30. The van der Waals surface area contributed by atoms with E-state index in [1.54, 1.807) is 0 Å². The number of piperidine rings is 1. The number of sulfone groups is 1. The number of nitrogens with two attached hydrogens (primary N) is 1. The molecule has 1 amide bonds.